The van der Waals surface area contributed by atoms with Crippen LogP contribution in [-0.4, -0.2) is 31.6 Å². The van der Waals surface area contributed by atoms with Gasteiger partial charge < -0.3 is 14.8 Å². The van der Waals surface area contributed by atoms with Crippen molar-refractivity contribution in [3.63, 3.8) is 0 Å². The Labute approximate surface area is 187 Å². The number of carbonyl (C=O) groups is 2. The molecule has 1 heterocycles. The number of rotatable bonds is 7. The van der Waals surface area contributed by atoms with Crippen LogP contribution < -0.4 is 19.7 Å². The van der Waals surface area contributed by atoms with Crippen molar-refractivity contribution in [3.05, 3.63) is 89.5 Å². The van der Waals surface area contributed by atoms with E-state index in [4.69, 9.17) is 9.47 Å². The van der Waals surface area contributed by atoms with Gasteiger partial charge in [0.2, 0.25) is 5.91 Å². The van der Waals surface area contributed by atoms with Crippen molar-refractivity contribution in [2.45, 2.75) is 25.9 Å². The zero-order valence-electron chi connectivity index (χ0n) is 18.2. The third-order valence-electron chi connectivity index (χ3n) is 5.51. The molecule has 3 aromatic carbocycles. The molecule has 0 bridgehead atoms. The van der Waals surface area contributed by atoms with Gasteiger partial charge in [-0.05, 0) is 48.4 Å². The molecule has 4 rings (SSSR count). The molecule has 0 fully saturated rings. The topological polar surface area (TPSA) is 67.9 Å². The largest absolute Gasteiger partial charge is 0.493 e. The average molecular weight is 431 g/mol. The predicted octanol–water partition coefficient (Wildman–Crippen LogP) is 3.98. The van der Waals surface area contributed by atoms with E-state index in [1.165, 1.54) is 0 Å². The van der Waals surface area contributed by atoms with Crippen molar-refractivity contribution in [1.82, 2.24) is 5.32 Å². The fraction of sp³-hybridized carbons (Fsp3) is 0.231. The molecule has 164 valence electrons. The molecule has 0 spiro atoms. The van der Waals surface area contributed by atoms with Crippen LogP contribution in [0.4, 0.5) is 5.69 Å². The van der Waals surface area contributed by atoms with Gasteiger partial charge in [0.15, 0.2) is 11.5 Å². The minimum atomic E-state index is -0.607. The first kappa shape index (κ1) is 21.4. The van der Waals surface area contributed by atoms with Gasteiger partial charge in [0.1, 0.15) is 6.04 Å². The summed E-state index contributed by atoms with van der Waals surface area (Å²) in [6, 6.07) is 21.7. The van der Waals surface area contributed by atoms with E-state index >= 15 is 0 Å². The predicted molar refractivity (Wildman–Crippen MR) is 123 cm³/mol. The van der Waals surface area contributed by atoms with E-state index in [0.29, 0.717) is 36.6 Å². The first-order chi connectivity index (χ1) is 15.6. The minimum absolute atomic E-state index is 0.182. The van der Waals surface area contributed by atoms with Gasteiger partial charge >= 0.3 is 0 Å². The molecule has 0 saturated carbocycles. The zero-order chi connectivity index (χ0) is 22.5. The molecule has 1 aliphatic heterocycles. The molecule has 1 aliphatic rings. The maximum absolute atomic E-state index is 13.3. The number of ether oxygens (including phenoxy) is 2. The number of fused-ring (bicyclic) bond motifs is 1. The van der Waals surface area contributed by atoms with Gasteiger partial charge in [0.05, 0.1) is 13.7 Å². The maximum Gasteiger partial charge on any atom is 0.259 e. The summed E-state index contributed by atoms with van der Waals surface area (Å²) in [5.74, 6) is 0.904. The van der Waals surface area contributed by atoms with Gasteiger partial charge in [-0.1, -0.05) is 42.5 Å². The van der Waals surface area contributed by atoms with Gasteiger partial charge in [-0.15, -0.1) is 0 Å². The number of para-hydroxylation sites is 1. The van der Waals surface area contributed by atoms with E-state index in [9.17, 15) is 9.59 Å². The van der Waals surface area contributed by atoms with Crippen LogP contribution in [0.2, 0.25) is 0 Å². The van der Waals surface area contributed by atoms with E-state index in [1.807, 2.05) is 67.6 Å². The molecule has 1 atom stereocenters. The number of amides is 2. The van der Waals surface area contributed by atoms with Crippen LogP contribution in [0.25, 0.3) is 0 Å². The van der Waals surface area contributed by atoms with Crippen LogP contribution in [0, 0.1) is 0 Å². The zero-order valence-corrected chi connectivity index (χ0v) is 18.2. The minimum Gasteiger partial charge on any atom is -0.493 e. The normalized spacial score (nSPS) is 14.6. The lowest BCUT2D eigenvalue weighted by Gasteiger charge is -2.25. The molecule has 0 radical (unpaired) electrons. The van der Waals surface area contributed by atoms with Crippen LogP contribution in [0.15, 0.2) is 72.8 Å². The van der Waals surface area contributed by atoms with Crippen LogP contribution in [-0.2, 0) is 17.8 Å². The average Bonchev–Trinajstić information content (AvgIpc) is 3.22. The summed E-state index contributed by atoms with van der Waals surface area (Å²) in [6.07, 6.45) is 0.480. The molecule has 3 aromatic rings. The van der Waals surface area contributed by atoms with E-state index in [0.717, 1.165) is 16.8 Å². The van der Waals surface area contributed by atoms with Crippen molar-refractivity contribution >= 4 is 17.5 Å². The van der Waals surface area contributed by atoms with E-state index in [1.54, 1.807) is 24.1 Å². The fourth-order valence-corrected chi connectivity index (χ4v) is 3.97. The molecule has 1 unspecified atom stereocenters. The molecular formula is C26H26N2O4. The second kappa shape index (κ2) is 9.56. The van der Waals surface area contributed by atoms with Gasteiger partial charge in [-0.2, -0.15) is 0 Å². The lowest BCUT2D eigenvalue weighted by molar-refractivity contribution is -0.122. The Balaban J connectivity index is 1.53. The SMILES string of the molecule is CCOc1cc(CNC(=O)C2Cc3ccccc3N2C(=O)c2ccccc2)ccc1OC. The van der Waals surface area contributed by atoms with Crippen molar-refractivity contribution < 1.29 is 19.1 Å². The Morgan fingerprint density at radius 2 is 1.75 bits per heavy atom. The standard InChI is InChI=1S/C26H26N2O4/c1-3-32-24-15-18(13-14-23(24)31-2)17-27-25(29)22-16-20-11-7-8-12-21(20)28(22)26(30)19-9-5-4-6-10-19/h4-15,22H,3,16-17H2,1-2H3,(H,27,29). The molecule has 32 heavy (non-hydrogen) atoms. The molecule has 2 amide bonds. The van der Waals surface area contributed by atoms with Gasteiger partial charge in [0, 0.05) is 24.2 Å². The highest BCUT2D eigenvalue weighted by molar-refractivity contribution is 6.11. The third-order valence-corrected chi connectivity index (χ3v) is 5.51. The number of hydrogen-bond donors (Lipinski definition) is 1. The van der Waals surface area contributed by atoms with Crippen LogP contribution in [0.3, 0.4) is 0 Å². The Morgan fingerprint density at radius 3 is 2.50 bits per heavy atom. The van der Waals surface area contributed by atoms with Crippen LogP contribution in [0.5, 0.6) is 11.5 Å². The van der Waals surface area contributed by atoms with Crippen molar-refractivity contribution in [3.8, 4) is 11.5 Å². The Hall–Kier alpha value is -3.80. The van der Waals surface area contributed by atoms with Gasteiger partial charge in [-0.25, -0.2) is 0 Å². The van der Waals surface area contributed by atoms with Crippen molar-refractivity contribution in [2.24, 2.45) is 0 Å². The number of nitrogens with zero attached hydrogens (tertiary/aromatic N) is 1. The number of methoxy groups -OCH3 is 1. The van der Waals surface area contributed by atoms with Crippen molar-refractivity contribution in [1.29, 1.82) is 0 Å². The summed E-state index contributed by atoms with van der Waals surface area (Å²) >= 11 is 0. The Bertz CT molecular complexity index is 1110. The smallest absolute Gasteiger partial charge is 0.259 e. The molecule has 6 nitrogen and oxygen atoms in total. The third kappa shape index (κ3) is 4.30. The van der Waals surface area contributed by atoms with E-state index in [-0.39, 0.29) is 11.8 Å². The number of benzene rings is 3. The van der Waals surface area contributed by atoms with Gasteiger partial charge in [0.25, 0.3) is 5.91 Å². The molecule has 1 N–H and O–H groups in total. The summed E-state index contributed by atoms with van der Waals surface area (Å²) < 4.78 is 10.9. The second-order valence-electron chi connectivity index (χ2n) is 7.53. The van der Waals surface area contributed by atoms with E-state index < -0.39 is 6.04 Å². The lowest BCUT2D eigenvalue weighted by Crippen LogP contribution is -2.48. The van der Waals surface area contributed by atoms with Crippen LogP contribution in [0.1, 0.15) is 28.4 Å². The summed E-state index contributed by atoms with van der Waals surface area (Å²) in [5, 5.41) is 2.99. The number of hydrogen-bond acceptors (Lipinski definition) is 4. The summed E-state index contributed by atoms with van der Waals surface area (Å²) in [6.45, 7) is 2.75. The summed E-state index contributed by atoms with van der Waals surface area (Å²) in [4.78, 5) is 28.1. The second-order valence-corrected chi connectivity index (χ2v) is 7.53. The highest BCUT2D eigenvalue weighted by Crippen LogP contribution is 2.33. The van der Waals surface area contributed by atoms with E-state index in [2.05, 4.69) is 5.32 Å². The lowest BCUT2D eigenvalue weighted by atomic mass is 10.1. The quantitative estimate of drug-likeness (QED) is 0.616. The number of anilines is 1. The molecule has 0 saturated heterocycles. The fourth-order valence-electron chi connectivity index (χ4n) is 3.97. The molecule has 6 heteroatoms. The highest BCUT2D eigenvalue weighted by atomic mass is 16.5. The van der Waals surface area contributed by atoms with Gasteiger partial charge in [-0.3, -0.25) is 14.5 Å². The molecule has 0 aromatic heterocycles. The molecular weight excluding hydrogens is 404 g/mol. The summed E-state index contributed by atoms with van der Waals surface area (Å²) in [7, 11) is 1.59. The number of carbonyl (C=O) groups excluding carboxylic acids is 2. The maximum atomic E-state index is 13.3. The molecule has 0 aliphatic carbocycles. The number of nitrogens with one attached hydrogen (secondary N) is 1. The first-order valence-corrected chi connectivity index (χ1v) is 10.7. The summed E-state index contributed by atoms with van der Waals surface area (Å²) in [5.41, 5.74) is 3.21. The Morgan fingerprint density at radius 1 is 1.00 bits per heavy atom. The van der Waals surface area contributed by atoms with Crippen molar-refractivity contribution in [2.75, 3.05) is 18.6 Å². The highest BCUT2D eigenvalue weighted by Gasteiger charge is 2.38. The van der Waals surface area contributed by atoms with Crippen LogP contribution >= 0.6 is 0 Å². The Kier molecular flexibility index (Phi) is 6.40. The first-order valence-electron chi connectivity index (χ1n) is 10.7. The monoisotopic (exact) mass is 430 g/mol.